The predicted octanol–water partition coefficient (Wildman–Crippen LogP) is 4.10. The topological polar surface area (TPSA) is 115 Å². The molecule has 1 atom stereocenters. The highest BCUT2D eigenvalue weighted by atomic mass is 16.4. The number of fused-ring (bicyclic) bond motifs is 1. The van der Waals surface area contributed by atoms with Crippen LogP contribution in [0.4, 0.5) is 10.5 Å². The number of urea groups is 1. The lowest BCUT2D eigenvalue weighted by atomic mass is 9.93. The Kier molecular flexibility index (Phi) is 6.20. The summed E-state index contributed by atoms with van der Waals surface area (Å²) < 4.78 is 0. The number of carbonyl (C=O) groups excluding carboxylic acids is 2. The van der Waals surface area contributed by atoms with Crippen molar-refractivity contribution >= 4 is 29.3 Å². The molecule has 0 bridgehead atoms. The van der Waals surface area contributed by atoms with Crippen LogP contribution in [0, 0.1) is 5.92 Å². The summed E-state index contributed by atoms with van der Waals surface area (Å²) in [4.78, 5) is 42.3. The van der Waals surface area contributed by atoms with E-state index in [0.717, 1.165) is 28.0 Å². The maximum atomic E-state index is 12.7. The summed E-state index contributed by atoms with van der Waals surface area (Å²) in [7, 11) is 0. The molecule has 0 aliphatic carbocycles. The summed E-state index contributed by atoms with van der Waals surface area (Å²) in [5.41, 5.74) is 5.49. The number of hydrogen-bond donors (Lipinski definition) is 2. The maximum Gasteiger partial charge on any atom is 0.335 e. The molecule has 2 N–H and O–H groups in total. The molecule has 0 saturated carbocycles. The van der Waals surface area contributed by atoms with Crippen LogP contribution >= 0.6 is 0 Å². The van der Waals surface area contributed by atoms with Crippen LogP contribution in [0.1, 0.15) is 46.0 Å². The van der Waals surface area contributed by atoms with Crippen LogP contribution < -0.4 is 5.32 Å². The van der Waals surface area contributed by atoms with Gasteiger partial charge in [0.15, 0.2) is 0 Å². The van der Waals surface area contributed by atoms with Crippen molar-refractivity contribution in [3.63, 3.8) is 0 Å². The molecule has 1 aromatic heterocycles. The fourth-order valence-corrected chi connectivity index (χ4v) is 4.43. The number of carbonyl (C=O) groups is 3. The van der Waals surface area contributed by atoms with E-state index in [9.17, 15) is 14.4 Å². The molecule has 2 aliphatic heterocycles. The van der Waals surface area contributed by atoms with Crippen LogP contribution in [-0.4, -0.2) is 43.6 Å². The number of hydrazone groups is 1. The Morgan fingerprint density at radius 3 is 2.44 bits per heavy atom. The largest absolute Gasteiger partial charge is 0.478 e. The quantitative estimate of drug-likeness (QED) is 0.567. The molecule has 2 aromatic carbocycles. The van der Waals surface area contributed by atoms with Crippen LogP contribution in [0.25, 0.3) is 0 Å². The number of hydrogen-bond acceptors (Lipinski definition) is 5. The monoisotopic (exact) mass is 483 g/mol. The minimum Gasteiger partial charge on any atom is -0.478 e. The Morgan fingerprint density at radius 2 is 1.75 bits per heavy atom. The van der Waals surface area contributed by atoms with Crippen molar-refractivity contribution in [1.82, 2.24) is 14.9 Å². The van der Waals surface area contributed by atoms with E-state index in [2.05, 4.69) is 15.4 Å². The number of aromatic carboxylic acids is 1. The highest BCUT2D eigenvalue weighted by molar-refractivity contribution is 6.06. The van der Waals surface area contributed by atoms with E-state index >= 15 is 0 Å². The van der Waals surface area contributed by atoms with Crippen molar-refractivity contribution in [3.8, 4) is 0 Å². The zero-order chi connectivity index (χ0) is 25.2. The third-order valence-electron chi connectivity index (χ3n) is 6.44. The van der Waals surface area contributed by atoms with Gasteiger partial charge in [-0.05, 0) is 52.6 Å². The lowest BCUT2D eigenvalue weighted by Crippen LogP contribution is -2.36. The molecular formula is C27H25N5O4. The third-order valence-corrected chi connectivity index (χ3v) is 6.44. The van der Waals surface area contributed by atoms with Gasteiger partial charge in [-0.3, -0.25) is 9.78 Å². The first-order valence-corrected chi connectivity index (χ1v) is 11.7. The Bertz CT molecular complexity index is 1330. The molecule has 5 rings (SSSR count). The van der Waals surface area contributed by atoms with E-state index in [1.54, 1.807) is 29.4 Å². The van der Waals surface area contributed by atoms with Gasteiger partial charge in [-0.2, -0.15) is 5.10 Å². The highest BCUT2D eigenvalue weighted by Gasteiger charge is 2.28. The number of nitrogens with one attached hydrogen (secondary N) is 1. The van der Waals surface area contributed by atoms with Gasteiger partial charge in [0, 0.05) is 43.5 Å². The van der Waals surface area contributed by atoms with E-state index in [-0.39, 0.29) is 30.0 Å². The molecule has 9 heteroatoms. The minimum atomic E-state index is -0.993. The van der Waals surface area contributed by atoms with Gasteiger partial charge in [0.2, 0.25) is 5.91 Å². The summed E-state index contributed by atoms with van der Waals surface area (Å²) in [5.74, 6) is -1.13. The number of carboxylic acids is 1. The molecule has 0 fully saturated rings. The van der Waals surface area contributed by atoms with Crippen LogP contribution in [0.15, 0.2) is 72.1 Å². The molecule has 36 heavy (non-hydrogen) atoms. The first-order valence-electron chi connectivity index (χ1n) is 11.7. The van der Waals surface area contributed by atoms with Crippen LogP contribution in [0.2, 0.25) is 0 Å². The molecule has 9 nitrogen and oxygen atoms in total. The van der Waals surface area contributed by atoms with E-state index in [4.69, 9.17) is 5.11 Å². The normalized spacial score (nSPS) is 17.0. The second-order valence-corrected chi connectivity index (χ2v) is 9.05. The number of aromatic nitrogens is 1. The van der Waals surface area contributed by atoms with Gasteiger partial charge in [0.05, 0.1) is 17.8 Å². The summed E-state index contributed by atoms with van der Waals surface area (Å²) in [6.07, 6.45) is 3.86. The maximum absolute atomic E-state index is 12.7. The summed E-state index contributed by atoms with van der Waals surface area (Å²) >= 11 is 0. The molecule has 1 unspecified atom stereocenters. The number of anilines is 1. The van der Waals surface area contributed by atoms with E-state index in [1.165, 1.54) is 17.1 Å². The predicted molar refractivity (Wildman–Crippen MR) is 133 cm³/mol. The number of benzene rings is 2. The zero-order valence-corrected chi connectivity index (χ0v) is 19.7. The molecule has 0 saturated heterocycles. The number of rotatable bonds is 5. The van der Waals surface area contributed by atoms with E-state index in [1.807, 2.05) is 37.3 Å². The van der Waals surface area contributed by atoms with E-state index in [0.29, 0.717) is 25.2 Å². The molecule has 3 heterocycles. The fraction of sp³-hybridized carbons (Fsp3) is 0.222. The van der Waals surface area contributed by atoms with Crippen LogP contribution in [0.5, 0.6) is 0 Å². The van der Waals surface area contributed by atoms with Crippen molar-refractivity contribution in [1.29, 1.82) is 0 Å². The highest BCUT2D eigenvalue weighted by Crippen LogP contribution is 2.25. The first-order chi connectivity index (χ1) is 17.4. The van der Waals surface area contributed by atoms with Gasteiger partial charge < -0.3 is 15.3 Å². The lowest BCUT2D eigenvalue weighted by molar-refractivity contribution is -0.133. The Morgan fingerprint density at radius 1 is 1.03 bits per heavy atom. The van der Waals surface area contributed by atoms with Crippen molar-refractivity contribution in [2.24, 2.45) is 11.0 Å². The van der Waals surface area contributed by atoms with Crippen molar-refractivity contribution < 1.29 is 19.5 Å². The lowest BCUT2D eigenvalue weighted by Gasteiger charge is -2.28. The summed E-state index contributed by atoms with van der Waals surface area (Å²) in [5, 5.41) is 18.1. The van der Waals surface area contributed by atoms with Crippen molar-refractivity contribution in [2.45, 2.75) is 33.0 Å². The average Bonchev–Trinajstić information content (AvgIpc) is 3.31. The Hall–Kier alpha value is -4.53. The average molecular weight is 484 g/mol. The third kappa shape index (κ3) is 4.81. The Balaban J connectivity index is 1.27. The van der Waals surface area contributed by atoms with Crippen molar-refractivity contribution in [3.05, 3.63) is 94.8 Å². The number of pyridine rings is 1. The minimum absolute atomic E-state index is 0.0553. The summed E-state index contributed by atoms with van der Waals surface area (Å²) in [6, 6.07) is 15.6. The van der Waals surface area contributed by atoms with Crippen LogP contribution in [0.3, 0.4) is 0 Å². The SMILES string of the molecule is CC1CC(=O)N(Cc2ccc(C(=O)O)cc2)N=C1c1ccc(NC(=O)N2Cc3ccncc3C2)cc1. The van der Waals surface area contributed by atoms with Gasteiger partial charge in [0.1, 0.15) is 0 Å². The Labute approximate surface area is 208 Å². The molecule has 0 radical (unpaired) electrons. The smallest absolute Gasteiger partial charge is 0.335 e. The van der Waals surface area contributed by atoms with Gasteiger partial charge in [-0.15, -0.1) is 0 Å². The molecule has 2 aliphatic rings. The molecule has 3 amide bonds. The van der Waals surface area contributed by atoms with Crippen molar-refractivity contribution in [2.75, 3.05) is 5.32 Å². The van der Waals surface area contributed by atoms with Gasteiger partial charge in [0.25, 0.3) is 0 Å². The van der Waals surface area contributed by atoms with Gasteiger partial charge in [-0.25, -0.2) is 14.6 Å². The van der Waals surface area contributed by atoms with E-state index < -0.39 is 5.97 Å². The summed E-state index contributed by atoms with van der Waals surface area (Å²) in [6.45, 7) is 3.31. The molecular weight excluding hydrogens is 458 g/mol. The number of amides is 3. The first kappa shape index (κ1) is 23.2. The van der Waals surface area contributed by atoms with Crippen LogP contribution in [-0.2, 0) is 24.4 Å². The molecule has 3 aromatic rings. The van der Waals surface area contributed by atoms with Gasteiger partial charge in [-0.1, -0.05) is 31.2 Å². The molecule has 0 spiro atoms. The standard InChI is InChI=1S/C27H25N5O4/c1-17-12-24(33)32(14-18-2-4-20(5-3-18)26(34)35)30-25(17)19-6-8-23(9-7-19)29-27(36)31-15-21-10-11-28-13-22(21)16-31/h2-11,13,17H,12,14-16H2,1H3,(H,29,36)(H,34,35). The zero-order valence-electron chi connectivity index (χ0n) is 19.7. The number of carboxylic acid groups (broad SMARTS) is 1. The number of nitrogens with zero attached hydrogens (tertiary/aromatic N) is 4. The second kappa shape index (κ2) is 9.61. The molecule has 182 valence electrons. The van der Waals surface area contributed by atoms with Gasteiger partial charge >= 0.3 is 12.0 Å². The second-order valence-electron chi connectivity index (χ2n) is 9.05. The fourth-order valence-electron chi connectivity index (χ4n) is 4.43.